The van der Waals surface area contributed by atoms with Crippen molar-refractivity contribution in [3.8, 4) is 0 Å². The molecule has 2 atom stereocenters. The number of ether oxygens (including phenoxy) is 2. The van der Waals surface area contributed by atoms with Gasteiger partial charge in [-0.1, -0.05) is 6.42 Å². The second-order valence-corrected chi connectivity index (χ2v) is 7.55. The van der Waals surface area contributed by atoms with Crippen LogP contribution >= 0.6 is 11.8 Å². The van der Waals surface area contributed by atoms with Gasteiger partial charge in [-0.15, -0.1) is 0 Å². The molecule has 134 valence electrons. The van der Waals surface area contributed by atoms with E-state index in [2.05, 4.69) is 16.9 Å². The highest BCUT2D eigenvalue weighted by atomic mass is 32.2. The topological polar surface area (TPSA) is 79.8 Å². The van der Waals surface area contributed by atoms with Crippen LogP contribution < -0.4 is 10.6 Å². The average molecular weight is 346 g/mol. The Hall–Kier alpha value is -0.500. The molecule has 0 radical (unpaired) electrons. The fraction of sp³-hybridized carbons (Fsp3) is 0.938. The van der Waals surface area contributed by atoms with E-state index in [-0.39, 0.29) is 18.7 Å². The standard InChI is InChI=1S/C16H30N2O4S/c1-23-14-4-2-3-13(11-14)18-15(20)17-12-16(22-10-7-19)5-8-21-9-6-16/h13-14,19H,2-12H2,1H3,(H2,17,18,20). The summed E-state index contributed by atoms with van der Waals surface area (Å²) in [6.07, 6.45) is 8.16. The maximum Gasteiger partial charge on any atom is 0.315 e. The number of rotatable bonds is 7. The molecule has 0 spiro atoms. The van der Waals surface area contributed by atoms with Crippen LogP contribution in [0.25, 0.3) is 0 Å². The Bertz CT molecular complexity index is 364. The number of carbonyl (C=O) groups is 1. The van der Waals surface area contributed by atoms with Gasteiger partial charge in [0.15, 0.2) is 0 Å². The van der Waals surface area contributed by atoms with Crippen molar-refractivity contribution >= 4 is 17.8 Å². The van der Waals surface area contributed by atoms with Gasteiger partial charge in [-0.25, -0.2) is 4.79 Å². The quantitative estimate of drug-likeness (QED) is 0.651. The molecule has 7 heteroatoms. The fourth-order valence-electron chi connectivity index (χ4n) is 3.35. The first-order chi connectivity index (χ1) is 11.2. The van der Waals surface area contributed by atoms with Gasteiger partial charge in [-0.3, -0.25) is 0 Å². The van der Waals surface area contributed by atoms with E-state index in [1.54, 1.807) is 0 Å². The number of amides is 2. The van der Waals surface area contributed by atoms with Crippen LogP contribution in [0.3, 0.4) is 0 Å². The Morgan fingerprint density at radius 3 is 2.87 bits per heavy atom. The molecule has 0 aromatic carbocycles. The van der Waals surface area contributed by atoms with Crippen LogP contribution in [-0.2, 0) is 9.47 Å². The molecule has 1 aliphatic heterocycles. The maximum atomic E-state index is 12.2. The zero-order valence-corrected chi connectivity index (χ0v) is 14.8. The first kappa shape index (κ1) is 18.8. The predicted molar refractivity (Wildman–Crippen MR) is 91.9 cm³/mol. The van der Waals surface area contributed by atoms with Crippen LogP contribution in [0.1, 0.15) is 38.5 Å². The lowest BCUT2D eigenvalue weighted by Crippen LogP contribution is -2.52. The first-order valence-corrected chi connectivity index (χ1v) is 9.86. The molecule has 23 heavy (non-hydrogen) atoms. The molecule has 2 amide bonds. The molecular weight excluding hydrogens is 316 g/mol. The van der Waals surface area contributed by atoms with Gasteiger partial charge >= 0.3 is 6.03 Å². The van der Waals surface area contributed by atoms with E-state index in [1.165, 1.54) is 12.8 Å². The van der Waals surface area contributed by atoms with Crippen LogP contribution in [0, 0.1) is 0 Å². The van der Waals surface area contributed by atoms with Crippen LogP contribution in [-0.4, -0.2) is 67.3 Å². The van der Waals surface area contributed by atoms with Crippen molar-refractivity contribution in [2.45, 2.75) is 55.4 Å². The van der Waals surface area contributed by atoms with Crippen molar-refractivity contribution in [1.82, 2.24) is 10.6 Å². The Balaban J connectivity index is 1.76. The number of hydrogen-bond acceptors (Lipinski definition) is 5. The molecule has 1 saturated heterocycles. The van der Waals surface area contributed by atoms with Crippen LogP contribution in [0.5, 0.6) is 0 Å². The number of thioether (sulfide) groups is 1. The number of carbonyl (C=O) groups excluding carboxylic acids is 1. The Kier molecular flexibility index (Phi) is 7.95. The minimum Gasteiger partial charge on any atom is -0.394 e. The van der Waals surface area contributed by atoms with Gasteiger partial charge in [-0.05, 0) is 25.5 Å². The van der Waals surface area contributed by atoms with Gasteiger partial charge in [0.05, 0.1) is 18.8 Å². The van der Waals surface area contributed by atoms with Gasteiger partial charge in [0.25, 0.3) is 0 Å². The Morgan fingerprint density at radius 1 is 1.39 bits per heavy atom. The highest BCUT2D eigenvalue weighted by Crippen LogP contribution is 2.27. The molecule has 2 rings (SSSR count). The smallest absolute Gasteiger partial charge is 0.315 e. The largest absolute Gasteiger partial charge is 0.394 e. The molecular formula is C16H30N2O4S. The van der Waals surface area contributed by atoms with Crippen LogP contribution in [0.2, 0.25) is 0 Å². The third-order valence-corrected chi connectivity index (χ3v) is 5.86. The van der Waals surface area contributed by atoms with Gasteiger partial charge < -0.3 is 25.2 Å². The summed E-state index contributed by atoms with van der Waals surface area (Å²) in [6.45, 7) is 2.01. The number of aliphatic hydroxyl groups is 1. The summed E-state index contributed by atoms with van der Waals surface area (Å²) in [6, 6.07) is 0.153. The molecule has 6 nitrogen and oxygen atoms in total. The second kappa shape index (κ2) is 9.71. The lowest BCUT2D eigenvalue weighted by Gasteiger charge is -2.37. The molecule has 0 aromatic heterocycles. The molecule has 1 heterocycles. The average Bonchev–Trinajstić information content (AvgIpc) is 2.59. The number of hydrogen-bond donors (Lipinski definition) is 3. The fourth-order valence-corrected chi connectivity index (χ4v) is 4.17. The molecule has 3 N–H and O–H groups in total. The monoisotopic (exact) mass is 346 g/mol. The van der Waals surface area contributed by atoms with Crippen molar-refractivity contribution in [3.05, 3.63) is 0 Å². The highest BCUT2D eigenvalue weighted by Gasteiger charge is 2.34. The van der Waals surface area contributed by atoms with E-state index < -0.39 is 5.60 Å². The van der Waals surface area contributed by atoms with Gasteiger partial charge in [-0.2, -0.15) is 11.8 Å². The normalized spacial score (nSPS) is 27.4. The summed E-state index contributed by atoms with van der Waals surface area (Å²) in [5.41, 5.74) is -0.410. The second-order valence-electron chi connectivity index (χ2n) is 6.42. The zero-order valence-electron chi connectivity index (χ0n) is 14.0. The van der Waals surface area contributed by atoms with Gasteiger partial charge in [0, 0.05) is 43.9 Å². The van der Waals surface area contributed by atoms with E-state index in [4.69, 9.17) is 14.6 Å². The highest BCUT2D eigenvalue weighted by molar-refractivity contribution is 7.99. The third kappa shape index (κ3) is 6.14. The molecule has 0 aromatic rings. The number of aliphatic hydroxyl groups excluding tert-OH is 1. The summed E-state index contributed by atoms with van der Waals surface area (Å²) < 4.78 is 11.2. The molecule has 2 aliphatic rings. The Morgan fingerprint density at radius 2 is 2.17 bits per heavy atom. The maximum absolute atomic E-state index is 12.2. The molecule has 2 unspecified atom stereocenters. The van der Waals surface area contributed by atoms with E-state index in [0.29, 0.717) is 31.6 Å². The summed E-state index contributed by atoms with van der Waals surface area (Å²) in [7, 11) is 0. The lowest BCUT2D eigenvalue weighted by molar-refractivity contribution is -0.114. The van der Waals surface area contributed by atoms with Crippen molar-refractivity contribution < 1.29 is 19.4 Å². The van der Waals surface area contributed by atoms with E-state index in [1.807, 2.05) is 11.8 Å². The van der Waals surface area contributed by atoms with Crippen molar-refractivity contribution in [2.75, 3.05) is 39.2 Å². The van der Waals surface area contributed by atoms with Gasteiger partial charge in [0.1, 0.15) is 0 Å². The summed E-state index contributed by atoms with van der Waals surface area (Å²) in [5, 5.41) is 15.7. The SMILES string of the molecule is CSC1CCCC(NC(=O)NCC2(OCCO)CCOCC2)C1. The lowest BCUT2D eigenvalue weighted by atomic mass is 9.93. The Labute approximate surface area is 143 Å². The zero-order chi connectivity index (χ0) is 16.5. The summed E-state index contributed by atoms with van der Waals surface area (Å²) in [5.74, 6) is 0. The summed E-state index contributed by atoms with van der Waals surface area (Å²) in [4.78, 5) is 12.2. The number of urea groups is 1. The van der Waals surface area contributed by atoms with Crippen molar-refractivity contribution in [1.29, 1.82) is 0 Å². The van der Waals surface area contributed by atoms with Gasteiger partial charge in [0.2, 0.25) is 0 Å². The molecule has 0 bridgehead atoms. The third-order valence-electron chi connectivity index (χ3n) is 4.77. The predicted octanol–water partition coefficient (Wildman–Crippen LogP) is 1.52. The minimum absolute atomic E-state index is 0.00699. The molecule has 1 aliphatic carbocycles. The van der Waals surface area contributed by atoms with E-state index >= 15 is 0 Å². The van der Waals surface area contributed by atoms with Crippen molar-refractivity contribution in [3.63, 3.8) is 0 Å². The first-order valence-electron chi connectivity index (χ1n) is 8.57. The number of nitrogens with one attached hydrogen (secondary N) is 2. The van der Waals surface area contributed by atoms with E-state index in [0.717, 1.165) is 25.7 Å². The molecule has 2 fully saturated rings. The molecule has 1 saturated carbocycles. The van der Waals surface area contributed by atoms with Crippen LogP contribution in [0.4, 0.5) is 4.79 Å². The summed E-state index contributed by atoms with van der Waals surface area (Å²) >= 11 is 1.89. The van der Waals surface area contributed by atoms with Crippen LogP contribution in [0.15, 0.2) is 0 Å². The van der Waals surface area contributed by atoms with E-state index in [9.17, 15) is 4.79 Å². The van der Waals surface area contributed by atoms with Crippen molar-refractivity contribution in [2.24, 2.45) is 0 Å². The minimum atomic E-state index is -0.410.